The van der Waals surface area contributed by atoms with Gasteiger partial charge in [-0.05, 0) is 186 Å². The highest BCUT2D eigenvalue weighted by Gasteiger charge is 2.52. The molecule has 6 aromatic rings. The van der Waals surface area contributed by atoms with Crippen molar-refractivity contribution in [2.24, 2.45) is 35.5 Å². The number of rotatable bonds is 4. The molecule has 0 amide bonds. The molecule has 0 N–H and O–H groups in total. The Morgan fingerprint density at radius 3 is 2.25 bits per heavy atom. The minimum absolute atomic E-state index is 0.150. The summed E-state index contributed by atoms with van der Waals surface area (Å²) in [4.78, 5) is 0. The summed E-state index contributed by atoms with van der Waals surface area (Å²) in [6.45, 7) is 0.150. The van der Waals surface area contributed by atoms with Gasteiger partial charge in [-0.2, -0.15) is 0 Å². The Morgan fingerprint density at radius 2 is 1.42 bits per heavy atom. The Balaban J connectivity index is 1.04. The number of ether oxygens (including phenoxy) is 1. The van der Waals surface area contributed by atoms with Crippen LogP contribution in [0.2, 0.25) is 0 Å². The predicted octanol–water partition coefficient (Wildman–Crippen LogP) is 10.5. The predicted molar refractivity (Wildman–Crippen MR) is 216 cm³/mol. The summed E-state index contributed by atoms with van der Waals surface area (Å²) in [5.41, 5.74) is 11.9. The topological polar surface area (TPSA) is 14.2 Å². The molecule has 0 radical (unpaired) electrons. The van der Waals surface area contributed by atoms with Crippen LogP contribution in [0.25, 0.3) is 38.3 Å². The Hall–Kier alpha value is -3.98. The van der Waals surface area contributed by atoms with Crippen molar-refractivity contribution in [2.45, 2.75) is 95.3 Å². The number of nitrogens with zero attached hydrogens (tertiary/aromatic N) is 1. The molecule has 5 aromatic carbocycles. The molecule has 0 saturated heterocycles. The lowest BCUT2D eigenvalue weighted by molar-refractivity contribution is -0.00512. The molecule has 8 aliphatic rings. The van der Waals surface area contributed by atoms with E-state index in [1.54, 1.807) is 11.1 Å². The van der Waals surface area contributed by atoms with Gasteiger partial charge in [-0.1, -0.05) is 67.8 Å². The van der Waals surface area contributed by atoms with Crippen molar-refractivity contribution >= 4 is 55.7 Å². The SMILES string of the molecule is c1cc2c3c(c1)-n1c4ccc(C56CC7CC(CC(C7)C5)C6)cc4c4cc(CCC5CC6CCCC(C6)C5)cc(c41)B3c1c(ccc3ccccc13)O2. The second kappa shape index (κ2) is 10.6. The molecule has 1 aromatic heterocycles. The largest absolute Gasteiger partial charge is 0.458 e. The van der Waals surface area contributed by atoms with Crippen LogP contribution in [-0.2, 0) is 11.8 Å². The smallest absolute Gasteiger partial charge is 0.257 e. The molecule has 6 saturated carbocycles. The van der Waals surface area contributed by atoms with Gasteiger partial charge in [-0.15, -0.1) is 0 Å². The van der Waals surface area contributed by atoms with E-state index < -0.39 is 0 Å². The highest BCUT2D eigenvalue weighted by atomic mass is 16.5. The molecular formula is C49H48BNO. The van der Waals surface area contributed by atoms with Crippen LogP contribution in [0.3, 0.4) is 0 Å². The summed E-state index contributed by atoms with van der Waals surface area (Å²) < 4.78 is 9.51. The van der Waals surface area contributed by atoms with Crippen molar-refractivity contribution < 1.29 is 4.74 Å². The Kier molecular flexibility index (Phi) is 6.00. The van der Waals surface area contributed by atoms with Gasteiger partial charge in [0.25, 0.3) is 6.71 Å². The summed E-state index contributed by atoms with van der Waals surface area (Å²) in [6.07, 6.45) is 20.1. The van der Waals surface area contributed by atoms with Gasteiger partial charge in [-0.3, -0.25) is 0 Å². The zero-order valence-electron chi connectivity index (χ0n) is 30.4. The average molecular weight is 678 g/mol. The fourth-order valence-corrected chi connectivity index (χ4v) is 14.5. The van der Waals surface area contributed by atoms with Crippen LogP contribution in [0, 0.1) is 35.5 Å². The standard InChI is InChI=1S/C49H48BNO/c1-2-8-38-36(7-1)13-16-45-46(38)50-41-24-32(12-11-31-18-29-5-3-6-30(17-29)19-31)23-40-39-25-37(49-26-33-20-34(27-49)22-35(21-33)28-49)14-15-42(39)51(48(40)41)43-9-4-10-44(52-45)47(43)50/h1-2,4,7-10,13-16,23-25,29-31,33-35H,3,5-6,11-12,17-22,26-28H2. The van der Waals surface area contributed by atoms with E-state index in [2.05, 4.69) is 89.5 Å². The van der Waals surface area contributed by atoms with Crippen molar-refractivity contribution in [2.75, 3.05) is 0 Å². The zero-order valence-corrected chi connectivity index (χ0v) is 30.4. The molecule has 52 heavy (non-hydrogen) atoms. The van der Waals surface area contributed by atoms with Crippen LogP contribution >= 0.6 is 0 Å². The number of fused-ring (bicyclic) bond motifs is 11. The number of aryl methyl sites for hydroxylation is 1. The molecular weight excluding hydrogens is 629 g/mol. The van der Waals surface area contributed by atoms with E-state index in [0.29, 0.717) is 5.41 Å². The third-order valence-electron chi connectivity index (χ3n) is 16.0. The van der Waals surface area contributed by atoms with Crippen LogP contribution in [0.1, 0.15) is 94.6 Å². The van der Waals surface area contributed by atoms with Gasteiger partial charge >= 0.3 is 0 Å². The van der Waals surface area contributed by atoms with E-state index in [1.807, 2.05) is 0 Å². The van der Waals surface area contributed by atoms with Gasteiger partial charge in [0, 0.05) is 22.0 Å². The van der Waals surface area contributed by atoms with E-state index in [9.17, 15) is 0 Å². The van der Waals surface area contributed by atoms with Crippen LogP contribution in [0.5, 0.6) is 11.5 Å². The number of hydrogen-bond acceptors (Lipinski definition) is 1. The third kappa shape index (κ3) is 4.09. The maximum absolute atomic E-state index is 6.87. The maximum Gasteiger partial charge on any atom is 0.257 e. The fourth-order valence-electron chi connectivity index (χ4n) is 14.5. The summed E-state index contributed by atoms with van der Waals surface area (Å²) in [5.74, 6) is 7.76. The van der Waals surface area contributed by atoms with Crippen LogP contribution < -0.4 is 21.1 Å². The van der Waals surface area contributed by atoms with Gasteiger partial charge < -0.3 is 9.30 Å². The van der Waals surface area contributed by atoms with Crippen LogP contribution in [0.15, 0.2) is 84.9 Å². The normalized spacial score (nSPS) is 30.5. The molecule has 14 rings (SSSR count). The summed E-state index contributed by atoms with van der Waals surface area (Å²) in [6, 6.07) is 33.4. The number of hydrogen-bond donors (Lipinski definition) is 0. The average Bonchev–Trinajstić information content (AvgIpc) is 3.49. The molecule has 258 valence electrons. The van der Waals surface area contributed by atoms with Gasteiger partial charge in [0.1, 0.15) is 11.5 Å². The summed E-state index contributed by atoms with van der Waals surface area (Å²) in [7, 11) is 0. The molecule has 2 aliphatic heterocycles. The quantitative estimate of drug-likeness (QED) is 0.169. The minimum Gasteiger partial charge on any atom is -0.458 e. The van der Waals surface area contributed by atoms with E-state index in [4.69, 9.17) is 4.74 Å². The first-order chi connectivity index (χ1) is 25.6. The maximum atomic E-state index is 6.87. The molecule has 0 spiro atoms. The molecule has 6 bridgehead atoms. The lowest BCUT2D eigenvalue weighted by atomic mass is 9.34. The highest BCUT2D eigenvalue weighted by Crippen LogP contribution is 2.61. The highest BCUT2D eigenvalue weighted by molar-refractivity contribution is 7.00. The van der Waals surface area contributed by atoms with Crippen molar-refractivity contribution in [1.82, 2.24) is 4.57 Å². The monoisotopic (exact) mass is 677 g/mol. The molecule has 6 fully saturated rings. The zero-order chi connectivity index (χ0) is 33.7. The number of aromatic nitrogens is 1. The second-order valence-corrected chi connectivity index (χ2v) is 19.0. The summed E-state index contributed by atoms with van der Waals surface area (Å²) in [5, 5.41) is 5.59. The van der Waals surface area contributed by atoms with E-state index in [0.717, 1.165) is 47.0 Å². The molecule has 3 heterocycles. The van der Waals surface area contributed by atoms with Gasteiger partial charge in [-0.25, -0.2) is 0 Å². The third-order valence-corrected chi connectivity index (χ3v) is 16.0. The van der Waals surface area contributed by atoms with Crippen molar-refractivity contribution in [3.63, 3.8) is 0 Å². The Labute approximate surface area is 308 Å². The Bertz CT molecular complexity index is 2440. The van der Waals surface area contributed by atoms with Crippen LogP contribution in [-0.4, -0.2) is 11.3 Å². The first-order valence-electron chi connectivity index (χ1n) is 21.1. The minimum atomic E-state index is 0.150. The summed E-state index contributed by atoms with van der Waals surface area (Å²) >= 11 is 0. The van der Waals surface area contributed by atoms with Gasteiger partial charge in [0.2, 0.25) is 0 Å². The lowest BCUT2D eigenvalue weighted by Crippen LogP contribution is -2.58. The lowest BCUT2D eigenvalue weighted by Gasteiger charge is -2.57. The van der Waals surface area contributed by atoms with E-state index >= 15 is 0 Å². The molecule has 6 aliphatic carbocycles. The van der Waals surface area contributed by atoms with Crippen molar-refractivity contribution in [1.29, 1.82) is 0 Å². The molecule has 3 heteroatoms. The van der Waals surface area contributed by atoms with Crippen LogP contribution in [0.4, 0.5) is 0 Å². The molecule has 2 nitrogen and oxygen atoms in total. The van der Waals surface area contributed by atoms with Crippen molar-refractivity contribution in [3.05, 3.63) is 96.1 Å². The molecule has 2 atom stereocenters. The second-order valence-electron chi connectivity index (χ2n) is 19.0. The first kappa shape index (κ1) is 29.5. The van der Waals surface area contributed by atoms with Crippen molar-refractivity contribution in [3.8, 4) is 17.2 Å². The fraction of sp³-hybridized carbons (Fsp3) is 0.429. The number of benzene rings is 5. The van der Waals surface area contributed by atoms with Gasteiger partial charge in [0.15, 0.2) is 0 Å². The van der Waals surface area contributed by atoms with E-state index in [1.165, 1.54) is 145 Å². The van der Waals surface area contributed by atoms with E-state index in [-0.39, 0.29) is 6.71 Å². The first-order valence-corrected chi connectivity index (χ1v) is 21.1. The van der Waals surface area contributed by atoms with Gasteiger partial charge in [0.05, 0.1) is 5.52 Å². The Morgan fingerprint density at radius 1 is 0.654 bits per heavy atom. The molecule has 2 unspecified atom stereocenters.